The fraction of sp³-hybridized carbons (Fsp3) is 1.00. The summed E-state index contributed by atoms with van der Waals surface area (Å²) in [6.07, 6.45) is 7.25. The molecule has 2 heteroatoms. The van der Waals surface area contributed by atoms with Crippen LogP contribution in [0.15, 0.2) is 0 Å². The van der Waals surface area contributed by atoms with Crippen LogP contribution >= 0.6 is 0 Å². The van der Waals surface area contributed by atoms with Crippen molar-refractivity contribution in [3.63, 3.8) is 0 Å². The van der Waals surface area contributed by atoms with Gasteiger partial charge in [0, 0.05) is 0 Å². The van der Waals surface area contributed by atoms with Crippen molar-refractivity contribution >= 4 is 0 Å². The Morgan fingerprint density at radius 1 is 1.00 bits per heavy atom. The molecule has 0 aromatic rings. The molecular weight excluding hydrogens is 160 g/mol. The molecule has 76 valence electrons. The molecule has 13 heavy (non-hydrogen) atoms. The van der Waals surface area contributed by atoms with Crippen LogP contribution in [0, 0.1) is 11.8 Å². The van der Waals surface area contributed by atoms with Gasteiger partial charge in [-0.25, -0.2) is 0 Å². The Labute approximate surface area is 81.5 Å². The zero-order valence-electron chi connectivity index (χ0n) is 8.52. The fourth-order valence-corrected chi connectivity index (χ4v) is 2.59. The molecule has 2 aliphatic rings. The highest BCUT2D eigenvalue weighted by Crippen LogP contribution is 2.23. The first-order valence-electron chi connectivity index (χ1n) is 5.86. The quantitative estimate of drug-likeness (QED) is 0.686. The second-order valence-corrected chi connectivity index (χ2v) is 4.67. The predicted octanol–water partition coefficient (Wildman–Crippen LogP) is 1.38. The zero-order chi connectivity index (χ0) is 8.93. The molecule has 0 aromatic heterocycles. The van der Waals surface area contributed by atoms with Gasteiger partial charge >= 0.3 is 0 Å². The SMILES string of the molecule is C1CCC(CNCC2CCNC2)C1. The van der Waals surface area contributed by atoms with Crippen LogP contribution in [0.25, 0.3) is 0 Å². The number of hydrogen-bond acceptors (Lipinski definition) is 2. The molecule has 2 rings (SSSR count). The van der Waals surface area contributed by atoms with Crippen LogP contribution in [-0.2, 0) is 0 Å². The lowest BCUT2D eigenvalue weighted by Crippen LogP contribution is -2.28. The third kappa shape index (κ3) is 2.96. The maximum atomic E-state index is 3.63. The van der Waals surface area contributed by atoms with E-state index in [1.165, 1.54) is 58.3 Å². The zero-order valence-corrected chi connectivity index (χ0v) is 8.52. The summed E-state index contributed by atoms with van der Waals surface area (Å²) in [7, 11) is 0. The molecule has 0 bridgehead atoms. The molecule has 0 radical (unpaired) electrons. The van der Waals surface area contributed by atoms with E-state index in [4.69, 9.17) is 0 Å². The maximum Gasteiger partial charge on any atom is -0.000779 e. The van der Waals surface area contributed by atoms with Crippen molar-refractivity contribution in [3.05, 3.63) is 0 Å². The summed E-state index contributed by atoms with van der Waals surface area (Å²) in [6, 6.07) is 0. The number of hydrogen-bond donors (Lipinski definition) is 2. The first-order chi connectivity index (χ1) is 6.45. The van der Waals surface area contributed by atoms with Gasteiger partial charge in [-0.3, -0.25) is 0 Å². The van der Waals surface area contributed by atoms with Gasteiger partial charge in [-0.15, -0.1) is 0 Å². The standard InChI is InChI=1S/C11H22N2/c1-2-4-10(3-1)7-13-9-11-5-6-12-8-11/h10-13H,1-9H2. The Morgan fingerprint density at radius 3 is 2.46 bits per heavy atom. The van der Waals surface area contributed by atoms with Gasteiger partial charge in [0.2, 0.25) is 0 Å². The Balaban J connectivity index is 1.52. The minimum Gasteiger partial charge on any atom is -0.316 e. The van der Waals surface area contributed by atoms with Crippen molar-refractivity contribution in [3.8, 4) is 0 Å². The number of nitrogens with one attached hydrogen (secondary N) is 2. The molecule has 1 saturated carbocycles. The highest BCUT2D eigenvalue weighted by atomic mass is 14.9. The molecule has 0 amide bonds. The summed E-state index contributed by atoms with van der Waals surface area (Å²) in [4.78, 5) is 0. The average molecular weight is 182 g/mol. The van der Waals surface area contributed by atoms with Gasteiger partial charge in [-0.05, 0) is 57.3 Å². The van der Waals surface area contributed by atoms with Crippen LogP contribution in [0.4, 0.5) is 0 Å². The van der Waals surface area contributed by atoms with Crippen molar-refractivity contribution in [2.24, 2.45) is 11.8 Å². The molecule has 1 heterocycles. The third-order valence-corrected chi connectivity index (χ3v) is 3.50. The van der Waals surface area contributed by atoms with Gasteiger partial charge in [0.05, 0.1) is 0 Å². The largest absolute Gasteiger partial charge is 0.316 e. The summed E-state index contributed by atoms with van der Waals surface area (Å²) in [5, 5.41) is 7.04. The lowest BCUT2D eigenvalue weighted by Gasteiger charge is -2.13. The highest BCUT2D eigenvalue weighted by molar-refractivity contribution is 4.75. The van der Waals surface area contributed by atoms with Crippen molar-refractivity contribution in [1.82, 2.24) is 10.6 Å². The Hall–Kier alpha value is -0.0800. The minimum absolute atomic E-state index is 0.904. The van der Waals surface area contributed by atoms with Crippen LogP contribution in [0.3, 0.4) is 0 Å². The Morgan fingerprint density at radius 2 is 1.77 bits per heavy atom. The molecule has 2 N–H and O–H groups in total. The van der Waals surface area contributed by atoms with E-state index >= 15 is 0 Å². The van der Waals surface area contributed by atoms with E-state index in [0.717, 1.165) is 11.8 Å². The molecule has 0 spiro atoms. The van der Waals surface area contributed by atoms with Crippen LogP contribution in [0.2, 0.25) is 0 Å². The molecule has 2 nitrogen and oxygen atoms in total. The Bertz CT molecular complexity index is 119. The molecule has 1 aliphatic carbocycles. The second kappa shape index (κ2) is 4.97. The van der Waals surface area contributed by atoms with Gasteiger partial charge in [-0.1, -0.05) is 12.8 Å². The normalized spacial score (nSPS) is 30.0. The van der Waals surface area contributed by atoms with E-state index in [0.29, 0.717) is 0 Å². The highest BCUT2D eigenvalue weighted by Gasteiger charge is 2.16. The van der Waals surface area contributed by atoms with Gasteiger partial charge in [-0.2, -0.15) is 0 Å². The summed E-state index contributed by atoms with van der Waals surface area (Å²) in [6.45, 7) is 4.98. The van der Waals surface area contributed by atoms with Crippen molar-refractivity contribution in [1.29, 1.82) is 0 Å². The van der Waals surface area contributed by atoms with Crippen molar-refractivity contribution in [2.75, 3.05) is 26.2 Å². The molecular formula is C11H22N2. The summed E-state index contributed by atoms with van der Waals surface area (Å²) in [5.74, 6) is 1.90. The third-order valence-electron chi connectivity index (χ3n) is 3.50. The smallest absolute Gasteiger partial charge is 0.000779 e. The first-order valence-corrected chi connectivity index (χ1v) is 5.86. The fourth-order valence-electron chi connectivity index (χ4n) is 2.59. The van der Waals surface area contributed by atoms with Gasteiger partial charge in [0.1, 0.15) is 0 Å². The van der Waals surface area contributed by atoms with Crippen LogP contribution in [0.5, 0.6) is 0 Å². The lowest BCUT2D eigenvalue weighted by molar-refractivity contribution is 0.445. The summed E-state index contributed by atoms with van der Waals surface area (Å²) in [5.41, 5.74) is 0. The maximum absolute atomic E-state index is 3.63. The second-order valence-electron chi connectivity index (χ2n) is 4.67. The van der Waals surface area contributed by atoms with Crippen LogP contribution in [-0.4, -0.2) is 26.2 Å². The van der Waals surface area contributed by atoms with E-state index in [-0.39, 0.29) is 0 Å². The van der Waals surface area contributed by atoms with E-state index in [1.54, 1.807) is 0 Å². The van der Waals surface area contributed by atoms with E-state index in [1.807, 2.05) is 0 Å². The average Bonchev–Trinajstić information content (AvgIpc) is 2.75. The van der Waals surface area contributed by atoms with Crippen LogP contribution < -0.4 is 10.6 Å². The van der Waals surface area contributed by atoms with Crippen molar-refractivity contribution < 1.29 is 0 Å². The molecule has 1 saturated heterocycles. The van der Waals surface area contributed by atoms with Gasteiger partial charge in [0.15, 0.2) is 0 Å². The Kier molecular flexibility index (Phi) is 3.62. The summed E-state index contributed by atoms with van der Waals surface area (Å²) >= 11 is 0. The van der Waals surface area contributed by atoms with E-state index in [2.05, 4.69) is 10.6 Å². The molecule has 1 unspecified atom stereocenters. The monoisotopic (exact) mass is 182 g/mol. The van der Waals surface area contributed by atoms with Gasteiger partial charge in [0.25, 0.3) is 0 Å². The lowest BCUT2D eigenvalue weighted by atomic mass is 10.1. The molecule has 2 fully saturated rings. The molecule has 1 aliphatic heterocycles. The predicted molar refractivity (Wildman–Crippen MR) is 55.8 cm³/mol. The number of rotatable bonds is 4. The van der Waals surface area contributed by atoms with Crippen LogP contribution in [0.1, 0.15) is 32.1 Å². The van der Waals surface area contributed by atoms with Gasteiger partial charge < -0.3 is 10.6 Å². The molecule has 0 aromatic carbocycles. The molecule has 1 atom stereocenters. The van der Waals surface area contributed by atoms with Crippen molar-refractivity contribution in [2.45, 2.75) is 32.1 Å². The van der Waals surface area contributed by atoms with E-state index < -0.39 is 0 Å². The minimum atomic E-state index is 0.904. The summed E-state index contributed by atoms with van der Waals surface area (Å²) < 4.78 is 0. The topological polar surface area (TPSA) is 24.1 Å². The van der Waals surface area contributed by atoms with E-state index in [9.17, 15) is 0 Å². The first kappa shape index (κ1) is 9.47.